The third-order valence-electron chi connectivity index (χ3n) is 3.06. The fourth-order valence-corrected chi connectivity index (χ4v) is 3.06. The Labute approximate surface area is 130 Å². The number of para-hydroxylation sites is 2. The Morgan fingerprint density at radius 1 is 1.10 bits per heavy atom. The van der Waals surface area contributed by atoms with Crippen molar-refractivity contribution in [2.75, 3.05) is 7.11 Å². The highest BCUT2D eigenvalue weighted by atomic mass is 35.5. The molecule has 1 aromatic heterocycles. The number of fused-ring (bicyclic) bond motifs is 1. The van der Waals surface area contributed by atoms with Crippen molar-refractivity contribution < 1.29 is 4.74 Å². The minimum Gasteiger partial charge on any atom is -0.494 e. The molecule has 0 aliphatic heterocycles. The summed E-state index contributed by atoms with van der Waals surface area (Å²) in [5.41, 5.74) is 2.35. The summed E-state index contributed by atoms with van der Waals surface area (Å²) in [7, 11) is 1.62. The monoisotopic (exact) mass is 324 g/mol. The molecule has 3 nitrogen and oxygen atoms in total. The molecule has 2 aromatic carbocycles. The van der Waals surface area contributed by atoms with Crippen molar-refractivity contribution in [3.63, 3.8) is 0 Å². The van der Waals surface area contributed by atoms with Gasteiger partial charge in [0.2, 0.25) is 0 Å². The van der Waals surface area contributed by atoms with Gasteiger partial charge in [-0.3, -0.25) is 4.57 Å². The molecule has 0 saturated heterocycles. The largest absolute Gasteiger partial charge is 0.494 e. The van der Waals surface area contributed by atoms with Crippen molar-refractivity contribution in [2.45, 2.75) is 0 Å². The number of hydrogen-bond donors (Lipinski definition) is 1. The Morgan fingerprint density at radius 2 is 1.75 bits per heavy atom. The first-order valence-corrected chi connectivity index (χ1v) is 7.02. The van der Waals surface area contributed by atoms with Crippen molar-refractivity contribution >= 4 is 46.5 Å². The highest BCUT2D eigenvalue weighted by molar-refractivity contribution is 7.71. The van der Waals surface area contributed by atoms with E-state index in [0.29, 0.717) is 20.5 Å². The van der Waals surface area contributed by atoms with E-state index in [0.717, 1.165) is 16.8 Å². The molecule has 6 heteroatoms. The number of nitrogens with zero attached hydrogens (tertiary/aromatic N) is 1. The van der Waals surface area contributed by atoms with Crippen molar-refractivity contribution in [1.29, 1.82) is 0 Å². The van der Waals surface area contributed by atoms with Crippen molar-refractivity contribution in [2.24, 2.45) is 0 Å². The van der Waals surface area contributed by atoms with E-state index < -0.39 is 0 Å². The van der Waals surface area contributed by atoms with E-state index in [4.69, 9.17) is 40.2 Å². The number of ether oxygens (including phenoxy) is 1. The number of imidazole rings is 1. The quantitative estimate of drug-likeness (QED) is 0.672. The summed E-state index contributed by atoms with van der Waals surface area (Å²) in [5, 5.41) is 1.08. The number of rotatable bonds is 2. The van der Waals surface area contributed by atoms with Crippen LogP contribution in [0.4, 0.5) is 0 Å². The van der Waals surface area contributed by atoms with Crippen LogP contribution >= 0.6 is 35.4 Å². The molecule has 0 amide bonds. The van der Waals surface area contributed by atoms with Gasteiger partial charge in [0.25, 0.3) is 0 Å². The topological polar surface area (TPSA) is 29.9 Å². The number of halogens is 2. The Balaban J connectivity index is 2.44. The average molecular weight is 325 g/mol. The lowest BCUT2D eigenvalue weighted by molar-refractivity contribution is 0.419. The van der Waals surface area contributed by atoms with Crippen LogP contribution in [0.25, 0.3) is 16.7 Å². The second-order valence-electron chi connectivity index (χ2n) is 4.19. The molecular weight excluding hydrogens is 315 g/mol. The van der Waals surface area contributed by atoms with E-state index >= 15 is 0 Å². The number of aromatic amines is 1. The van der Waals surface area contributed by atoms with Crippen LogP contribution in [0.3, 0.4) is 0 Å². The molecule has 0 unspecified atom stereocenters. The molecule has 1 N–H and O–H groups in total. The van der Waals surface area contributed by atoms with E-state index in [-0.39, 0.29) is 0 Å². The minimum atomic E-state index is 0.513. The van der Waals surface area contributed by atoms with Gasteiger partial charge in [0, 0.05) is 0 Å². The predicted octanol–water partition coefficient (Wildman–Crippen LogP) is 5.00. The maximum atomic E-state index is 6.27. The molecule has 0 spiro atoms. The first-order valence-electron chi connectivity index (χ1n) is 5.85. The van der Waals surface area contributed by atoms with Crippen LogP contribution in [0.5, 0.6) is 5.75 Å². The second kappa shape index (κ2) is 5.13. The van der Waals surface area contributed by atoms with Gasteiger partial charge in [-0.15, -0.1) is 0 Å². The number of methoxy groups -OCH3 is 1. The van der Waals surface area contributed by atoms with E-state index in [1.54, 1.807) is 25.3 Å². The number of aromatic nitrogens is 2. The molecule has 1 heterocycles. The Kier molecular flexibility index (Phi) is 3.46. The maximum absolute atomic E-state index is 6.27. The summed E-state index contributed by atoms with van der Waals surface area (Å²) in [6, 6.07) is 11.1. The normalized spacial score (nSPS) is 10.9. The molecule has 0 radical (unpaired) electrons. The fraction of sp³-hybridized carbons (Fsp3) is 0.0714. The Morgan fingerprint density at radius 3 is 2.40 bits per heavy atom. The van der Waals surface area contributed by atoms with E-state index in [1.807, 2.05) is 22.8 Å². The smallest absolute Gasteiger partial charge is 0.182 e. The maximum Gasteiger partial charge on any atom is 0.182 e. The number of hydrogen-bond acceptors (Lipinski definition) is 2. The molecule has 0 aliphatic rings. The van der Waals surface area contributed by atoms with E-state index in [9.17, 15) is 0 Å². The van der Waals surface area contributed by atoms with E-state index in [2.05, 4.69) is 4.98 Å². The van der Waals surface area contributed by atoms with Crippen molar-refractivity contribution in [1.82, 2.24) is 9.55 Å². The van der Waals surface area contributed by atoms with E-state index in [1.165, 1.54) is 0 Å². The second-order valence-corrected chi connectivity index (χ2v) is 5.39. The molecule has 20 heavy (non-hydrogen) atoms. The standard InChI is InChI=1S/C14H10Cl2N2OS/c1-19-11-7-3-6-10-12(11)17-14(20)18(10)13-8(15)4-2-5-9(13)16/h2-7H,1H3,(H,17,20). The highest BCUT2D eigenvalue weighted by Gasteiger charge is 2.14. The zero-order valence-corrected chi connectivity index (χ0v) is 12.8. The molecule has 3 rings (SSSR count). The van der Waals surface area contributed by atoms with Crippen LogP contribution in [0.2, 0.25) is 10.0 Å². The summed E-state index contributed by atoms with van der Waals surface area (Å²) in [5.74, 6) is 0.718. The van der Waals surface area contributed by atoms with Crippen LogP contribution < -0.4 is 4.74 Å². The fourth-order valence-electron chi connectivity index (χ4n) is 2.20. The van der Waals surface area contributed by atoms with Gasteiger partial charge in [0.05, 0.1) is 28.4 Å². The van der Waals surface area contributed by atoms with Crippen LogP contribution in [-0.4, -0.2) is 16.7 Å². The molecular formula is C14H10Cl2N2OS. The molecule has 0 atom stereocenters. The molecule has 0 fully saturated rings. The van der Waals surface area contributed by atoms with Crippen molar-refractivity contribution in [3.8, 4) is 11.4 Å². The summed E-state index contributed by atoms with van der Waals surface area (Å²) in [4.78, 5) is 3.14. The Bertz CT molecular complexity index is 834. The number of H-pyrrole nitrogens is 1. The third-order valence-corrected chi connectivity index (χ3v) is 3.96. The molecule has 3 aromatic rings. The summed E-state index contributed by atoms with van der Waals surface area (Å²) >= 11 is 17.9. The van der Waals surface area contributed by atoms with Gasteiger partial charge >= 0.3 is 0 Å². The zero-order chi connectivity index (χ0) is 14.3. The van der Waals surface area contributed by atoms with Crippen molar-refractivity contribution in [3.05, 3.63) is 51.2 Å². The number of benzene rings is 2. The van der Waals surface area contributed by atoms with Gasteiger partial charge in [-0.25, -0.2) is 0 Å². The van der Waals surface area contributed by atoms with Gasteiger partial charge in [0.1, 0.15) is 11.3 Å². The van der Waals surface area contributed by atoms with Crippen LogP contribution in [0, 0.1) is 4.77 Å². The predicted molar refractivity (Wildman–Crippen MR) is 85.0 cm³/mol. The number of nitrogens with one attached hydrogen (secondary N) is 1. The van der Waals surface area contributed by atoms with Crippen LogP contribution in [-0.2, 0) is 0 Å². The first kappa shape index (κ1) is 13.5. The van der Waals surface area contributed by atoms with Gasteiger partial charge in [-0.2, -0.15) is 0 Å². The first-order chi connectivity index (χ1) is 9.63. The SMILES string of the molecule is COc1cccc2c1[nH]c(=S)n2-c1c(Cl)cccc1Cl. The lowest BCUT2D eigenvalue weighted by atomic mass is 10.2. The summed E-state index contributed by atoms with van der Waals surface area (Å²) in [6.45, 7) is 0. The van der Waals surface area contributed by atoms with Crippen LogP contribution in [0.1, 0.15) is 0 Å². The zero-order valence-electron chi connectivity index (χ0n) is 10.5. The minimum absolute atomic E-state index is 0.513. The third kappa shape index (κ3) is 2.00. The van der Waals surface area contributed by atoms with Gasteiger partial charge < -0.3 is 9.72 Å². The summed E-state index contributed by atoms with van der Waals surface area (Å²) < 4.78 is 7.67. The highest BCUT2D eigenvalue weighted by Crippen LogP contribution is 2.33. The molecule has 0 saturated carbocycles. The lowest BCUT2D eigenvalue weighted by Gasteiger charge is -2.09. The lowest BCUT2D eigenvalue weighted by Crippen LogP contribution is -1.96. The average Bonchev–Trinajstić information content (AvgIpc) is 2.75. The van der Waals surface area contributed by atoms with Gasteiger partial charge in [0.15, 0.2) is 4.77 Å². The molecule has 0 bridgehead atoms. The Hall–Kier alpha value is -1.49. The van der Waals surface area contributed by atoms with Gasteiger partial charge in [-0.05, 0) is 36.5 Å². The molecule has 0 aliphatic carbocycles. The van der Waals surface area contributed by atoms with Gasteiger partial charge in [-0.1, -0.05) is 35.3 Å². The van der Waals surface area contributed by atoms with Crippen LogP contribution in [0.15, 0.2) is 36.4 Å². The molecule has 102 valence electrons. The summed E-state index contributed by atoms with van der Waals surface area (Å²) in [6.07, 6.45) is 0.